The number of rotatable bonds is 2. The van der Waals surface area contributed by atoms with Crippen molar-refractivity contribution in [3.63, 3.8) is 0 Å². The van der Waals surface area contributed by atoms with Crippen LogP contribution in [-0.4, -0.2) is 19.0 Å². The van der Waals surface area contributed by atoms with E-state index >= 15 is 0 Å². The van der Waals surface area contributed by atoms with Crippen molar-refractivity contribution in [2.45, 2.75) is 0 Å². The van der Waals surface area contributed by atoms with Crippen LogP contribution in [0.2, 0.25) is 1.41 Å². The zero-order chi connectivity index (χ0) is 4.12. The lowest BCUT2D eigenvalue weighted by Gasteiger charge is -1.66. The summed E-state index contributed by atoms with van der Waals surface area (Å²) in [6.45, 7) is 0.0451. The summed E-state index contributed by atoms with van der Waals surface area (Å²) in [5.41, 5.74) is 2.02. The topological polar surface area (TPSA) is 46.2 Å². The first-order valence-electron chi connectivity index (χ1n) is 1.67. The second-order valence-electron chi connectivity index (χ2n) is 0.474. The van der Waals surface area contributed by atoms with Crippen LogP contribution in [0.25, 0.3) is 0 Å². The predicted octanol–water partition coefficient (Wildman–Crippen LogP) is -1.75. The molecule has 0 rings (SSSR count). The number of aliphatic hydroxyl groups excluding tert-OH is 1. The molecule has 0 aliphatic heterocycles. The third kappa shape index (κ3) is 1.98. The first kappa shape index (κ1) is 2.24. The molecule has 0 aliphatic rings. The van der Waals surface area contributed by atoms with Gasteiger partial charge in [-0.2, -0.15) is 0 Å². The van der Waals surface area contributed by atoms with Gasteiger partial charge in [0, 0.05) is 6.51 Å². The van der Waals surface area contributed by atoms with E-state index in [0.29, 0.717) is 7.41 Å². The van der Waals surface area contributed by atoms with Gasteiger partial charge in [0.05, 0.1) is 0 Å². The lowest BCUT2D eigenvalue weighted by atomic mass is 10.0. The SMILES string of the molecule is [2H]NBCO. The van der Waals surface area contributed by atoms with Crippen LogP contribution in [-0.2, 0) is 0 Å². The molecule has 0 aromatic heterocycles. The third-order valence-electron chi connectivity index (χ3n) is 0.112. The van der Waals surface area contributed by atoms with E-state index in [1.165, 1.54) is 0 Å². The van der Waals surface area contributed by atoms with Crippen LogP contribution in [0.1, 0.15) is 0 Å². The largest absolute Gasteiger partial charge is 0.403 e. The molecule has 24 valence electrons. The molecule has 0 unspecified atom stereocenters. The van der Waals surface area contributed by atoms with Gasteiger partial charge in [0.1, 0.15) is 1.41 Å². The Morgan fingerprint density at radius 3 is 3.25 bits per heavy atom. The second-order valence-corrected chi connectivity index (χ2v) is 0.474. The lowest BCUT2D eigenvalue weighted by molar-refractivity contribution is 0.366. The van der Waals surface area contributed by atoms with Crippen LogP contribution in [0.4, 0.5) is 0 Å². The molecule has 0 atom stereocenters. The molecule has 0 aromatic rings. The van der Waals surface area contributed by atoms with Gasteiger partial charge in [-0.3, -0.25) is 0 Å². The van der Waals surface area contributed by atoms with Gasteiger partial charge in [0.25, 0.3) is 0 Å². The summed E-state index contributed by atoms with van der Waals surface area (Å²) in [4.78, 5) is 0. The van der Waals surface area contributed by atoms with Gasteiger partial charge < -0.3 is 10.7 Å². The van der Waals surface area contributed by atoms with Crippen molar-refractivity contribution >= 4 is 7.41 Å². The lowest BCUT2D eigenvalue weighted by Crippen LogP contribution is -2.08. The van der Waals surface area contributed by atoms with Crippen molar-refractivity contribution in [1.29, 1.82) is 0 Å². The van der Waals surface area contributed by atoms with Gasteiger partial charge in [-0.25, -0.2) is 0 Å². The standard InChI is InChI=1S/CH6BNO/c3-2-1-4/h2,4H,1,3H2/i3D. The number of nitrogens with two attached hydrogens (primary N) is 1. The summed E-state index contributed by atoms with van der Waals surface area (Å²) in [6, 6.07) is 0. The maximum atomic E-state index is 7.88. The Bertz CT molecular complexity index is 19.1. The Labute approximate surface area is 27.3 Å². The number of hydrogen-bond donors (Lipinski definition) is 2. The Hall–Kier alpha value is -0.0151. The molecule has 0 saturated carbocycles. The molecule has 3 heteroatoms. The Morgan fingerprint density at radius 2 is 3.25 bits per heavy atom. The van der Waals surface area contributed by atoms with Crippen molar-refractivity contribution in [2.75, 3.05) is 6.51 Å². The Balaban J connectivity index is 2.19. The molecule has 0 amide bonds. The van der Waals surface area contributed by atoms with Gasteiger partial charge >= 0.3 is 0 Å². The van der Waals surface area contributed by atoms with Crippen molar-refractivity contribution in [2.24, 2.45) is 5.64 Å². The fourth-order valence-corrected chi connectivity index (χ4v) is 0. The first-order valence-corrected chi connectivity index (χ1v) is 1.17. The number of aliphatic hydroxyl groups is 1. The van der Waals surface area contributed by atoms with Crippen molar-refractivity contribution in [3.05, 3.63) is 0 Å². The Morgan fingerprint density at radius 1 is 2.50 bits per heavy atom. The van der Waals surface area contributed by atoms with Crippen LogP contribution in [0.15, 0.2) is 0 Å². The molecule has 3 N–H and O–H groups in total. The zero-order valence-corrected chi connectivity index (χ0v) is 2.36. The van der Waals surface area contributed by atoms with E-state index in [9.17, 15) is 0 Å². The molecule has 0 heterocycles. The molecular weight excluding hydrogens is 52.8 g/mol. The van der Waals surface area contributed by atoms with E-state index < -0.39 is 0 Å². The quantitative estimate of drug-likeness (QED) is 0.371. The maximum Gasteiger partial charge on any atom is 0.227 e. The minimum Gasteiger partial charge on any atom is -0.403 e. The normalized spacial score (nSPS) is 9.75. The fraction of sp³-hybridized carbons (Fsp3) is 1.00. The monoisotopic (exact) mass is 60.1 g/mol. The molecule has 2 nitrogen and oxygen atoms in total. The summed E-state index contributed by atoms with van der Waals surface area (Å²) in [5.74, 6) is 0. The minimum atomic E-state index is 0.0451. The van der Waals surface area contributed by atoms with Gasteiger partial charge in [-0.1, -0.05) is 0 Å². The molecule has 4 heavy (non-hydrogen) atoms. The van der Waals surface area contributed by atoms with E-state index in [1.807, 2.05) is 5.64 Å². The Kier molecular flexibility index (Phi) is 1.67. The van der Waals surface area contributed by atoms with E-state index in [0.717, 1.165) is 0 Å². The molecule has 0 aromatic carbocycles. The fourth-order valence-electron chi connectivity index (χ4n) is 0. The van der Waals surface area contributed by atoms with Gasteiger partial charge in [0.15, 0.2) is 0 Å². The second kappa shape index (κ2) is 2.98. The molecule has 0 saturated heterocycles. The highest BCUT2D eigenvalue weighted by Gasteiger charge is 1.63. The molecule has 0 spiro atoms. The highest BCUT2D eigenvalue weighted by atomic mass is 16.2. The van der Waals surface area contributed by atoms with Crippen LogP contribution in [0, 0.1) is 0 Å². The summed E-state index contributed by atoms with van der Waals surface area (Å²) in [7, 11) is 0.361. The van der Waals surface area contributed by atoms with Crippen LogP contribution in [0.3, 0.4) is 0 Å². The highest BCUT2D eigenvalue weighted by Crippen LogP contribution is 1.27. The van der Waals surface area contributed by atoms with E-state index in [-0.39, 0.29) is 6.51 Å². The summed E-state index contributed by atoms with van der Waals surface area (Å²) >= 11 is 0. The average molecular weight is 59.9 g/mol. The van der Waals surface area contributed by atoms with Crippen molar-refractivity contribution < 1.29 is 6.52 Å². The predicted molar refractivity (Wildman–Crippen MR) is 18.4 cm³/mol. The maximum absolute atomic E-state index is 7.88. The van der Waals surface area contributed by atoms with Gasteiger partial charge in [-0.05, 0) is 0 Å². The van der Waals surface area contributed by atoms with E-state index in [2.05, 4.69) is 0 Å². The van der Waals surface area contributed by atoms with E-state index in [1.54, 1.807) is 0 Å². The highest BCUT2D eigenvalue weighted by molar-refractivity contribution is 6.30. The first-order chi connectivity index (χ1) is 2.41. The molecule has 0 aliphatic carbocycles. The van der Waals surface area contributed by atoms with Crippen molar-refractivity contribution in [1.82, 2.24) is 0 Å². The molecule has 0 radical (unpaired) electrons. The van der Waals surface area contributed by atoms with Crippen LogP contribution in [0.5, 0.6) is 0 Å². The molecular formula is CH6BNO. The van der Waals surface area contributed by atoms with Crippen molar-refractivity contribution in [3.8, 4) is 0 Å². The average Bonchev–Trinajstić information content (AvgIpc) is 1.41. The number of hydrogen-bond acceptors (Lipinski definition) is 2. The van der Waals surface area contributed by atoms with Crippen LogP contribution >= 0.6 is 0 Å². The summed E-state index contributed by atoms with van der Waals surface area (Å²) < 4.78 is 6.19. The van der Waals surface area contributed by atoms with Crippen LogP contribution < -0.4 is 5.64 Å². The van der Waals surface area contributed by atoms with Gasteiger partial charge in [-0.15, -0.1) is 0 Å². The zero-order valence-electron chi connectivity index (χ0n) is 3.36. The smallest absolute Gasteiger partial charge is 0.227 e. The summed E-state index contributed by atoms with van der Waals surface area (Å²) in [5, 5.41) is 7.88. The van der Waals surface area contributed by atoms with Gasteiger partial charge in [0.2, 0.25) is 7.41 Å². The minimum absolute atomic E-state index is 0.0451. The molecule has 0 fully saturated rings. The summed E-state index contributed by atoms with van der Waals surface area (Å²) in [6.07, 6.45) is 0. The third-order valence-corrected chi connectivity index (χ3v) is 0.112. The molecule has 0 bridgehead atoms. The van der Waals surface area contributed by atoms with E-state index in [4.69, 9.17) is 6.52 Å².